The van der Waals surface area contributed by atoms with E-state index < -0.39 is 75.2 Å². The molecule has 1 unspecified atom stereocenters. The average molecular weight is 963 g/mol. The number of halogens is 3. The number of ether oxygens (including phenoxy) is 4. The van der Waals surface area contributed by atoms with E-state index in [9.17, 15) is 29.4 Å². The van der Waals surface area contributed by atoms with E-state index in [4.69, 9.17) is 42.1 Å². The van der Waals surface area contributed by atoms with Crippen LogP contribution in [0.15, 0.2) is 42.5 Å². The molecule has 16 heteroatoms. The van der Waals surface area contributed by atoms with Crippen LogP contribution in [-0.4, -0.2) is 123 Å². The van der Waals surface area contributed by atoms with Crippen LogP contribution in [0.25, 0.3) is 0 Å². The number of carbonyl (C=O) groups is 4. The van der Waals surface area contributed by atoms with Crippen molar-refractivity contribution >= 4 is 80.7 Å². The lowest BCUT2D eigenvalue weighted by Gasteiger charge is -2.46. The summed E-state index contributed by atoms with van der Waals surface area (Å²) in [4.78, 5) is 58.7. The number of alkyl halides is 1. The molecule has 3 N–H and O–H groups in total. The van der Waals surface area contributed by atoms with Crippen molar-refractivity contribution in [2.75, 3.05) is 33.0 Å². The molecule has 322 valence electrons. The first-order valence-corrected chi connectivity index (χ1v) is 21.5. The van der Waals surface area contributed by atoms with E-state index in [0.717, 1.165) is 0 Å². The van der Waals surface area contributed by atoms with Gasteiger partial charge in [0, 0.05) is 18.2 Å². The van der Waals surface area contributed by atoms with Crippen LogP contribution in [0.5, 0.6) is 0 Å². The summed E-state index contributed by atoms with van der Waals surface area (Å²) in [7, 11) is 5.44. The molecule has 2 saturated heterocycles. The van der Waals surface area contributed by atoms with E-state index in [-0.39, 0.29) is 30.9 Å². The Morgan fingerprint density at radius 3 is 2.26 bits per heavy atom. The second-order valence-corrected chi connectivity index (χ2v) is 18.6. The molecule has 2 fully saturated rings. The predicted octanol–water partition coefficient (Wildman–Crippen LogP) is 6.22. The highest BCUT2D eigenvalue weighted by molar-refractivity contribution is 14.1. The van der Waals surface area contributed by atoms with Gasteiger partial charge in [-0.15, -0.1) is 0 Å². The molecular weight excluding hydrogens is 904 g/mol. The van der Waals surface area contributed by atoms with Gasteiger partial charge < -0.3 is 39.4 Å². The number of benzene rings is 2. The lowest BCUT2D eigenvalue weighted by atomic mass is 9.78. The molecule has 58 heavy (non-hydrogen) atoms. The van der Waals surface area contributed by atoms with Crippen LogP contribution < -0.4 is 5.32 Å². The van der Waals surface area contributed by atoms with Gasteiger partial charge >= 0.3 is 11.9 Å². The molecule has 0 radical (unpaired) electrons. The third kappa shape index (κ3) is 11.5. The summed E-state index contributed by atoms with van der Waals surface area (Å²) in [6, 6.07) is 11.2. The van der Waals surface area contributed by atoms with Gasteiger partial charge in [0.05, 0.1) is 52.0 Å². The van der Waals surface area contributed by atoms with E-state index in [0.29, 0.717) is 39.9 Å². The largest absolute Gasteiger partial charge is 0.455 e. The number of carbonyl (C=O) groups excluding carboxylic acids is 4. The molecule has 0 saturated carbocycles. The SMILES string of the molecule is C[C@H]1CN(C)[C@H](C)C(=O)[C@](C)(O)[C@@H](I)OC(=O)[C@H](C)C(=O)[C@H](C)[C@@H](O[C@@H]2O[C@H](C)CC(N(C)C)[C@H]2OC(=O)Cc2ccccc2Nc2c(Cl)cccc2Cl)[C@](C)(O)C1. The van der Waals surface area contributed by atoms with Crippen molar-refractivity contribution in [3.8, 4) is 0 Å². The minimum Gasteiger partial charge on any atom is -0.455 e. The molecule has 2 aromatic carbocycles. The number of likely N-dealkylation sites (N-methyl/N-ethyl adjacent to an activating group) is 2. The molecule has 0 aliphatic carbocycles. The van der Waals surface area contributed by atoms with E-state index in [1.165, 1.54) is 13.8 Å². The maximum atomic E-state index is 14.2. The standard InChI is InChI=1S/C42H58Cl2IN3O10/c1-22-20-41(6,53)37(24(3)34(50)25(4)38(52)58-40(45)42(7,54)36(51)26(5)48(10)21-22)57-39-35(31(47(8)9)18-23(2)55-39)56-32(49)19-27-14-11-12-17-30(27)46-33-28(43)15-13-16-29(33)44/h11-17,22-26,31,35,37,39-40,46,53-54H,18-21H2,1-10H3/t22-,23-,24+,25-,26-,31?,35-,37-,39+,40+,41-,42+/m1/s1. The van der Waals surface area contributed by atoms with Crippen LogP contribution in [0.3, 0.4) is 0 Å². The Kier molecular flexibility index (Phi) is 16.6. The number of Topliss-reactive ketones (excluding diaryl/α,β-unsaturated/α-hetero) is 2. The molecule has 0 spiro atoms. The number of nitrogens with one attached hydrogen (secondary N) is 1. The van der Waals surface area contributed by atoms with E-state index >= 15 is 0 Å². The summed E-state index contributed by atoms with van der Waals surface area (Å²) in [5.41, 5.74) is -2.06. The Morgan fingerprint density at radius 1 is 1.02 bits per heavy atom. The van der Waals surface area contributed by atoms with Crippen molar-refractivity contribution in [3.63, 3.8) is 0 Å². The van der Waals surface area contributed by atoms with Gasteiger partial charge in [0.25, 0.3) is 0 Å². The van der Waals surface area contributed by atoms with Gasteiger partial charge in [-0.05, 0) is 121 Å². The molecule has 2 heterocycles. The van der Waals surface area contributed by atoms with Gasteiger partial charge in [-0.3, -0.25) is 24.1 Å². The minimum absolute atomic E-state index is 0.105. The number of hydrogen-bond donors (Lipinski definition) is 3. The van der Waals surface area contributed by atoms with Gasteiger partial charge in [-0.2, -0.15) is 0 Å². The summed E-state index contributed by atoms with van der Waals surface area (Å²) in [5.74, 6) is -5.40. The maximum Gasteiger partial charge on any atom is 0.317 e. The number of rotatable bonds is 8. The van der Waals surface area contributed by atoms with E-state index in [2.05, 4.69) is 5.32 Å². The number of ketones is 2. The lowest BCUT2D eigenvalue weighted by Crippen LogP contribution is -2.60. The van der Waals surface area contributed by atoms with Crippen molar-refractivity contribution in [2.24, 2.45) is 17.8 Å². The Balaban J connectivity index is 1.69. The topological polar surface area (TPSA) is 164 Å². The number of cyclic esters (lactones) is 1. The molecule has 4 rings (SSSR count). The highest BCUT2D eigenvalue weighted by Crippen LogP contribution is 2.37. The monoisotopic (exact) mass is 961 g/mol. The zero-order chi connectivity index (χ0) is 43.4. The van der Waals surface area contributed by atoms with E-state index in [1.807, 2.05) is 38.9 Å². The molecular formula is C42H58Cl2IN3O10. The number of para-hydroxylation sites is 2. The summed E-state index contributed by atoms with van der Waals surface area (Å²) in [5, 5.41) is 27.6. The fraction of sp³-hybridized carbons (Fsp3) is 0.619. The fourth-order valence-electron chi connectivity index (χ4n) is 7.86. The highest BCUT2D eigenvalue weighted by Gasteiger charge is 2.50. The third-order valence-electron chi connectivity index (χ3n) is 11.2. The van der Waals surface area contributed by atoms with Crippen LogP contribution in [0.4, 0.5) is 11.4 Å². The van der Waals surface area contributed by atoms with E-state index in [1.54, 1.807) is 91.7 Å². The first-order chi connectivity index (χ1) is 27.0. The van der Waals surface area contributed by atoms with Crippen molar-refractivity contribution in [1.82, 2.24) is 9.80 Å². The summed E-state index contributed by atoms with van der Waals surface area (Å²) in [6.45, 7) is 11.5. The molecule has 12 atom stereocenters. The minimum atomic E-state index is -2.05. The van der Waals surface area contributed by atoms with Crippen molar-refractivity contribution < 1.29 is 48.3 Å². The third-order valence-corrected chi connectivity index (χ3v) is 13.3. The molecule has 13 nitrogen and oxygen atoms in total. The Morgan fingerprint density at radius 2 is 1.64 bits per heavy atom. The number of aliphatic hydroxyl groups is 2. The lowest BCUT2D eigenvalue weighted by molar-refractivity contribution is -0.296. The summed E-state index contributed by atoms with van der Waals surface area (Å²) in [6.07, 6.45) is -3.44. The fourth-order valence-corrected chi connectivity index (χ4v) is 8.91. The molecule has 2 aliphatic rings. The first kappa shape index (κ1) is 48.3. The summed E-state index contributed by atoms with van der Waals surface area (Å²) >= 11 is 14.6. The normalized spacial score (nSPS) is 34.9. The van der Waals surface area contributed by atoms with Crippen LogP contribution in [0, 0.1) is 17.8 Å². The zero-order valence-electron chi connectivity index (χ0n) is 34.8. The van der Waals surface area contributed by atoms with Crippen molar-refractivity contribution in [2.45, 2.75) is 120 Å². The van der Waals surface area contributed by atoms with Gasteiger partial charge in [-0.1, -0.05) is 61.3 Å². The van der Waals surface area contributed by atoms with Gasteiger partial charge in [0.2, 0.25) is 0 Å². The summed E-state index contributed by atoms with van der Waals surface area (Å²) < 4.78 is 23.6. The van der Waals surface area contributed by atoms with Gasteiger partial charge in [0.1, 0.15) is 5.92 Å². The van der Waals surface area contributed by atoms with Crippen molar-refractivity contribution in [3.05, 3.63) is 58.1 Å². The Labute approximate surface area is 365 Å². The number of anilines is 2. The molecule has 0 bridgehead atoms. The smallest absolute Gasteiger partial charge is 0.317 e. The predicted molar refractivity (Wildman–Crippen MR) is 230 cm³/mol. The Bertz CT molecular complexity index is 1780. The molecule has 0 aromatic heterocycles. The van der Waals surface area contributed by atoms with Gasteiger partial charge in [-0.25, -0.2) is 0 Å². The molecule has 2 aliphatic heterocycles. The molecule has 2 aromatic rings. The Hall–Kier alpha value is -2.41. The second-order valence-electron chi connectivity index (χ2n) is 16.6. The zero-order valence-corrected chi connectivity index (χ0v) is 38.5. The molecule has 0 amide bonds. The van der Waals surface area contributed by atoms with Gasteiger partial charge in [0.15, 0.2) is 33.7 Å². The van der Waals surface area contributed by atoms with Crippen LogP contribution in [0.1, 0.15) is 66.9 Å². The number of nitrogens with zero attached hydrogens (tertiary/aromatic N) is 2. The number of hydrogen-bond acceptors (Lipinski definition) is 13. The van der Waals surface area contributed by atoms with Crippen LogP contribution in [-0.2, 0) is 44.5 Å². The van der Waals surface area contributed by atoms with Crippen LogP contribution in [0.2, 0.25) is 10.0 Å². The highest BCUT2D eigenvalue weighted by atomic mass is 127. The second kappa shape index (κ2) is 20.0. The average Bonchev–Trinajstić information content (AvgIpc) is 3.14. The first-order valence-electron chi connectivity index (χ1n) is 19.5. The quantitative estimate of drug-likeness (QED) is 0.118. The maximum absolute atomic E-state index is 14.2. The van der Waals surface area contributed by atoms with Crippen molar-refractivity contribution in [1.29, 1.82) is 0 Å². The van der Waals surface area contributed by atoms with Crippen LogP contribution >= 0.6 is 45.8 Å². The number of esters is 2.